The topological polar surface area (TPSA) is 93.5 Å². The molecule has 0 bridgehead atoms. The summed E-state index contributed by atoms with van der Waals surface area (Å²) in [6.07, 6.45) is -0.120. The fourth-order valence-corrected chi connectivity index (χ4v) is 9.10. The van der Waals surface area contributed by atoms with Gasteiger partial charge in [-0.05, 0) is 106 Å². The molecule has 7 nitrogen and oxygen atoms in total. The molecule has 7 rings (SSSR count). The number of carbonyl (C=O) groups excluding carboxylic acids is 1. The minimum absolute atomic E-state index is 0.0659. The van der Waals surface area contributed by atoms with Crippen molar-refractivity contribution in [2.24, 2.45) is 11.3 Å². The summed E-state index contributed by atoms with van der Waals surface area (Å²) in [6, 6.07) is 26.9. The van der Waals surface area contributed by atoms with E-state index in [9.17, 15) is 27.9 Å². The summed E-state index contributed by atoms with van der Waals surface area (Å²) in [5.41, 5.74) is 7.33. The number of rotatable bonds is 9. The van der Waals surface area contributed by atoms with Gasteiger partial charge in [-0.25, -0.2) is 9.78 Å². The van der Waals surface area contributed by atoms with Crippen LogP contribution in [0, 0.1) is 11.3 Å². The lowest BCUT2D eigenvalue weighted by Gasteiger charge is -2.56. The van der Waals surface area contributed by atoms with E-state index in [0.717, 1.165) is 48.7 Å². The van der Waals surface area contributed by atoms with Crippen molar-refractivity contribution in [3.63, 3.8) is 0 Å². The molecule has 1 saturated carbocycles. The zero-order valence-electron chi connectivity index (χ0n) is 30.4. The maximum absolute atomic E-state index is 13.6. The van der Waals surface area contributed by atoms with Crippen LogP contribution in [0.1, 0.15) is 76.0 Å². The number of carboxylic acids is 1. The molecule has 3 atom stereocenters. The maximum atomic E-state index is 13.6. The highest BCUT2D eigenvalue weighted by atomic mass is 19.4. The third-order valence-corrected chi connectivity index (χ3v) is 11.6. The second-order valence-corrected chi connectivity index (χ2v) is 15.5. The Bertz CT molecular complexity index is 2190. The van der Waals surface area contributed by atoms with Gasteiger partial charge < -0.3 is 19.7 Å². The quantitative estimate of drug-likeness (QED) is 0.158. The molecular formula is C43H44F3N3O4. The summed E-state index contributed by atoms with van der Waals surface area (Å²) in [5, 5.41) is 11.3. The van der Waals surface area contributed by atoms with Crippen molar-refractivity contribution in [1.29, 1.82) is 0 Å². The smallest absolute Gasteiger partial charge is 0.471 e. The number of nitrogens with zero attached hydrogens (tertiary/aromatic N) is 2. The van der Waals surface area contributed by atoms with Gasteiger partial charge >= 0.3 is 18.1 Å². The number of fused-ring (bicyclic) bond motifs is 4. The number of halogens is 3. The number of carbonyl (C=O) groups is 2. The molecule has 2 aliphatic rings. The number of aliphatic carboxylic acids is 1. The predicted molar refractivity (Wildman–Crippen MR) is 200 cm³/mol. The number of ether oxygens (including phenoxy) is 1. The van der Waals surface area contributed by atoms with Gasteiger partial charge in [0.25, 0.3) is 0 Å². The van der Waals surface area contributed by atoms with E-state index < -0.39 is 24.7 Å². The zero-order chi connectivity index (χ0) is 37.7. The number of imidazole rings is 1. The van der Waals surface area contributed by atoms with Crippen molar-refractivity contribution in [1.82, 2.24) is 9.55 Å². The lowest BCUT2D eigenvalue weighted by atomic mass is 9.49. The van der Waals surface area contributed by atoms with E-state index >= 15 is 0 Å². The van der Waals surface area contributed by atoms with E-state index in [1.54, 1.807) is 0 Å². The van der Waals surface area contributed by atoms with Crippen molar-refractivity contribution >= 4 is 28.6 Å². The Labute approximate surface area is 307 Å². The molecule has 10 heteroatoms. The monoisotopic (exact) mass is 723 g/mol. The molecule has 0 radical (unpaired) electrons. The average molecular weight is 724 g/mol. The fraction of sp³-hybridized carbons (Fsp3) is 0.372. The van der Waals surface area contributed by atoms with E-state index in [2.05, 4.69) is 50.5 Å². The van der Waals surface area contributed by atoms with Crippen LogP contribution in [0.25, 0.3) is 33.5 Å². The number of hydrogen-bond acceptors (Lipinski definition) is 4. The molecule has 276 valence electrons. The van der Waals surface area contributed by atoms with Gasteiger partial charge in [0.15, 0.2) is 6.61 Å². The summed E-state index contributed by atoms with van der Waals surface area (Å²) in [6.45, 7) is 9.04. The van der Waals surface area contributed by atoms with Crippen LogP contribution < -0.4 is 10.1 Å². The van der Waals surface area contributed by atoms with Crippen LogP contribution in [0.5, 0.6) is 5.75 Å². The van der Waals surface area contributed by atoms with Gasteiger partial charge in [0.2, 0.25) is 0 Å². The number of alkyl halides is 3. The summed E-state index contributed by atoms with van der Waals surface area (Å²) >= 11 is 0. The standard InChI is InChI=1S/C43H44F3N3O4/c1-26(2)28-11-15-33-30(21-28)13-18-37-41(3,19-8-20-42(33,37)4)25-49-36-17-12-29(27-9-6-5-7-10-27)22-35(36)47-39(49)32-23-31(53-24-38(50)51)14-16-34(32)48-40(52)43(44,45)46/h5-7,9-12,14-17,21-23,26,37H,8,13,18-20,24-25H2,1-4H3,(H,48,52)(H,50,51)/t37-,41+,42+/m0/s1. The number of hydrogen-bond donors (Lipinski definition) is 2. The van der Waals surface area contributed by atoms with Gasteiger partial charge in [0, 0.05) is 12.1 Å². The average Bonchev–Trinajstić information content (AvgIpc) is 3.47. The van der Waals surface area contributed by atoms with E-state index in [4.69, 9.17) is 9.72 Å². The van der Waals surface area contributed by atoms with Crippen molar-refractivity contribution in [2.45, 2.75) is 83.9 Å². The molecule has 5 aromatic rings. The Morgan fingerprint density at radius 2 is 1.75 bits per heavy atom. The SMILES string of the molecule is CC(C)c1ccc2c(c1)CC[C@H]1[C@@](C)(Cn3c(-c4cc(OCC(=O)O)ccc4NC(=O)C(F)(F)F)nc4cc(-c5ccccc5)ccc43)CCC[C@]21C. The molecule has 2 N–H and O–H groups in total. The van der Waals surface area contributed by atoms with Gasteiger partial charge in [-0.1, -0.05) is 88.7 Å². The number of aromatic nitrogens is 2. The summed E-state index contributed by atoms with van der Waals surface area (Å²) in [7, 11) is 0. The van der Waals surface area contributed by atoms with Gasteiger partial charge in [0.1, 0.15) is 11.6 Å². The Balaban J connectivity index is 1.38. The molecule has 1 amide bonds. The van der Waals surface area contributed by atoms with Crippen LogP contribution in [0.15, 0.2) is 84.9 Å². The first kappa shape index (κ1) is 36.2. The molecule has 0 spiro atoms. The lowest BCUT2D eigenvalue weighted by molar-refractivity contribution is -0.167. The number of nitrogens with one attached hydrogen (secondary N) is 1. The van der Waals surface area contributed by atoms with E-state index in [1.807, 2.05) is 53.8 Å². The first-order valence-corrected chi connectivity index (χ1v) is 18.2. The van der Waals surface area contributed by atoms with Crippen LogP contribution in [0.3, 0.4) is 0 Å². The second kappa shape index (κ2) is 13.7. The highest BCUT2D eigenvalue weighted by molar-refractivity contribution is 5.99. The normalized spacial score (nSPS) is 21.2. The molecule has 4 aromatic carbocycles. The van der Waals surface area contributed by atoms with Crippen molar-refractivity contribution in [3.8, 4) is 28.3 Å². The molecule has 1 aromatic heterocycles. The molecule has 1 fully saturated rings. The van der Waals surface area contributed by atoms with Gasteiger partial charge in [0.05, 0.1) is 16.7 Å². The van der Waals surface area contributed by atoms with Crippen LogP contribution in [-0.4, -0.2) is 39.3 Å². The molecular weight excluding hydrogens is 679 g/mol. The fourth-order valence-electron chi connectivity index (χ4n) is 9.10. The third kappa shape index (κ3) is 6.91. The van der Waals surface area contributed by atoms with Gasteiger partial charge in [-0.2, -0.15) is 13.2 Å². The van der Waals surface area contributed by atoms with Crippen molar-refractivity contribution < 1.29 is 32.6 Å². The summed E-state index contributed by atoms with van der Waals surface area (Å²) in [5.74, 6) is -2.10. The Morgan fingerprint density at radius 3 is 2.47 bits per heavy atom. The maximum Gasteiger partial charge on any atom is 0.471 e. The lowest BCUT2D eigenvalue weighted by Crippen LogP contribution is -2.50. The van der Waals surface area contributed by atoms with Gasteiger partial charge in [-0.15, -0.1) is 0 Å². The van der Waals surface area contributed by atoms with Crippen LogP contribution in [-0.2, 0) is 28.0 Å². The van der Waals surface area contributed by atoms with Crippen molar-refractivity contribution in [3.05, 3.63) is 102 Å². The minimum atomic E-state index is -5.13. The molecule has 0 saturated heterocycles. The van der Waals surface area contributed by atoms with E-state index in [0.29, 0.717) is 29.7 Å². The predicted octanol–water partition coefficient (Wildman–Crippen LogP) is 10.2. The van der Waals surface area contributed by atoms with Crippen LogP contribution in [0.2, 0.25) is 0 Å². The second-order valence-electron chi connectivity index (χ2n) is 15.5. The highest BCUT2D eigenvalue weighted by Gasteiger charge is 2.52. The molecule has 1 heterocycles. The van der Waals surface area contributed by atoms with Crippen LogP contribution >= 0.6 is 0 Å². The minimum Gasteiger partial charge on any atom is -0.482 e. The number of benzene rings is 4. The van der Waals surface area contributed by atoms with Gasteiger partial charge in [-0.3, -0.25) is 4.79 Å². The van der Waals surface area contributed by atoms with E-state index in [-0.39, 0.29) is 27.8 Å². The number of carboxylic acid groups (broad SMARTS) is 1. The molecule has 53 heavy (non-hydrogen) atoms. The van der Waals surface area contributed by atoms with Crippen LogP contribution in [0.4, 0.5) is 18.9 Å². The molecule has 0 unspecified atom stereocenters. The number of anilines is 1. The first-order chi connectivity index (χ1) is 25.2. The highest BCUT2D eigenvalue weighted by Crippen LogP contribution is 2.58. The summed E-state index contributed by atoms with van der Waals surface area (Å²) in [4.78, 5) is 28.8. The molecule has 2 aliphatic carbocycles. The number of amides is 1. The zero-order valence-corrected chi connectivity index (χ0v) is 30.4. The number of aryl methyl sites for hydroxylation is 1. The Hall–Kier alpha value is -5.12. The first-order valence-electron chi connectivity index (χ1n) is 18.2. The third-order valence-electron chi connectivity index (χ3n) is 11.6. The van der Waals surface area contributed by atoms with Crippen molar-refractivity contribution in [2.75, 3.05) is 11.9 Å². The largest absolute Gasteiger partial charge is 0.482 e. The summed E-state index contributed by atoms with van der Waals surface area (Å²) < 4.78 is 48.4. The molecule has 0 aliphatic heterocycles. The Kier molecular flexibility index (Phi) is 9.37. The van der Waals surface area contributed by atoms with E-state index in [1.165, 1.54) is 34.9 Å². The Morgan fingerprint density at radius 1 is 0.981 bits per heavy atom.